The van der Waals surface area contributed by atoms with Gasteiger partial charge in [0.15, 0.2) is 15.8 Å². The molecule has 0 aliphatic carbocycles. The summed E-state index contributed by atoms with van der Waals surface area (Å²) in [4.78, 5) is 15.2. The van der Waals surface area contributed by atoms with Gasteiger partial charge in [0.05, 0.1) is 21.3 Å². The van der Waals surface area contributed by atoms with Gasteiger partial charge in [-0.2, -0.15) is 0 Å². The van der Waals surface area contributed by atoms with Crippen LogP contribution in [-0.4, -0.2) is 30.6 Å². The summed E-state index contributed by atoms with van der Waals surface area (Å²) in [5, 5.41) is 0. The maximum atomic E-state index is 13.1. The molecular formula is C29H28INO4S2. The van der Waals surface area contributed by atoms with Crippen molar-refractivity contribution in [2.24, 2.45) is 0 Å². The topological polar surface area (TPSA) is 48.0 Å². The quantitative estimate of drug-likeness (QED) is 0.103. The van der Waals surface area contributed by atoms with E-state index in [0.29, 0.717) is 39.9 Å². The van der Waals surface area contributed by atoms with Crippen LogP contribution in [0.2, 0.25) is 0 Å². The molecule has 0 radical (unpaired) electrons. The number of carbonyl (C=O) groups is 1. The van der Waals surface area contributed by atoms with Gasteiger partial charge in [-0.25, -0.2) is 0 Å². The first kappa shape index (κ1) is 27.5. The van der Waals surface area contributed by atoms with Crippen LogP contribution in [0.25, 0.3) is 6.08 Å². The molecule has 1 amide bonds. The van der Waals surface area contributed by atoms with E-state index in [1.54, 1.807) is 12.0 Å². The molecule has 4 rings (SSSR count). The van der Waals surface area contributed by atoms with Crippen LogP contribution in [0.15, 0.2) is 65.6 Å². The summed E-state index contributed by atoms with van der Waals surface area (Å²) >= 11 is 9.00. The fraction of sp³-hybridized carbons (Fsp3) is 0.241. The number of thiocarbonyl (C=S) groups is 1. The Balaban J connectivity index is 1.46. The highest BCUT2D eigenvalue weighted by atomic mass is 127. The number of nitrogens with zero attached hydrogens (tertiary/aromatic N) is 1. The van der Waals surface area contributed by atoms with Crippen LogP contribution in [-0.2, 0) is 4.79 Å². The van der Waals surface area contributed by atoms with Crippen LogP contribution >= 0.6 is 46.6 Å². The standard InChI is InChI=1S/C29H28INO4S2/c1-18(2)22-11-10-19(3)14-24(22)34-12-13-35-27-23(30)15-20(16-25(27)33-4)17-26-28(32)31(29(36)37-26)21-8-6-5-7-9-21/h5-11,14-18H,12-13H2,1-4H3. The first-order chi connectivity index (χ1) is 17.8. The second-order valence-corrected chi connectivity index (χ2v) is 11.6. The average molecular weight is 646 g/mol. The number of amides is 1. The van der Waals surface area contributed by atoms with Gasteiger partial charge >= 0.3 is 0 Å². The Morgan fingerprint density at radius 3 is 2.46 bits per heavy atom. The van der Waals surface area contributed by atoms with E-state index < -0.39 is 0 Å². The van der Waals surface area contributed by atoms with Gasteiger partial charge < -0.3 is 14.2 Å². The minimum atomic E-state index is -0.135. The van der Waals surface area contributed by atoms with Crippen molar-refractivity contribution in [1.29, 1.82) is 0 Å². The largest absolute Gasteiger partial charge is 0.493 e. The maximum Gasteiger partial charge on any atom is 0.270 e. The Morgan fingerprint density at radius 2 is 1.76 bits per heavy atom. The molecule has 0 spiro atoms. The molecule has 1 aliphatic heterocycles. The lowest BCUT2D eigenvalue weighted by molar-refractivity contribution is -0.113. The zero-order chi connectivity index (χ0) is 26.5. The fourth-order valence-corrected chi connectivity index (χ4v) is 6.00. The summed E-state index contributed by atoms with van der Waals surface area (Å²) in [6.45, 7) is 7.14. The SMILES string of the molecule is COc1cc(C=C2SC(=S)N(c3ccccc3)C2=O)cc(I)c1OCCOc1cc(C)ccc1C(C)C. The number of rotatable bonds is 9. The Morgan fingerprint density at radius 1 is 1.03 bits per heavy atom. The average Bonchev–Trinajstić information content (AvgIpc) is 3.15. The van der Waals surface area contributed by atoms with Crippen molar-refractivity contribution in [2.75, 3.05) is 25.2 Å². The van der Waals surface area contributed by atoms with Crippen LogP contribution < -0.4 is 19.1 Å². The number of hydrogen-bond acceptors (Lipinski definition) is 6. The number of carbonyl (C=O) groups excluding carboxylic acids is 1. The summed E-state index contributed by atoms with van der Waals surface area (Å²) in [7, 11) is 1.61. The summed E-state index contributed by atoms with van der Waals surface area (Å²) < 4.78 is 19.1. The van der Waals surface area contributed by atoms with Gasteiger partial charge in [0.1, 0.15) is 19.0 Å². The Bertz CT molecular complexity index is 1340. The van der Waals surface area contributed by atoms with Gasteiger partial charge in [-0.3, -0.25) is 9.69 Å². The number of methoxy groups -OCH3 is 1. The van der Waals surface area contributed by atoms with E-state index in [1.807, 2.05) is 48.5 Å². The van der Waals surface area contributed by atoms with Gasteiger partial charge in [-0.15, -0.1) is 0 Å². The number of aryl methyl sites for hydroxylation is 1. The zero-order valence-corrected chi connectivity index (χ0v) is 24.9. The summed E-state index contributed by atoms with van der Waals surface area (Å²) in [6.07, 6.45) is 1.84. The van der Waals surface area contributed by atoms with Crippen LogP contribution in [0.5, 0.6) is 17.2 Å². The second-order valence-electron chi connectivity index (χ2n) is 8.78. The number of thioether (sulfide) groups is 1. The van der Waals surface area contributed by atoms with E-state index in [-0.39, 0.29) is 5.91 Å². The number of para-hydroxylation sites is 1. The summed E-state index contributed by atoms with van der Waals surface area (Å²) in [5.74, 6) is 2.37. The Labute approximate surface area is 241 Å². The molecule has 5 nitrogen and oxygen atoms in total. The third-order valence-corrected chi connectivity index (χ3v) is 7.84. The molecule has 1 heterocycles. The van der Waals surface area contributed by atoms with Crippen molar-refractivity contribution in [3.63, 3.8) is 0 Å². The van der Waals surface area contributed by atoms with Crippen LogP contribution in [0.1, 0.15) is 36.5 Å². The second kappa shape index (κ2) is 12.3. The van der Waals surface area contributed by atoms with Crippen LogP contribution in [0, 0.1) is 10.5 Å². The smallest absolute Gasteiger partial charge is 0.270 e. The molecule has 1 fully saturated rings. The highest BCUT2D eigenvalue weighted by molar-refractivity contribution is 14.1. The molecule has 192 valence electrons. The van der Waals surface area contributed by atoms with Crippen LogP contribution in [0.3, 0.4) is 0 Å². The van der Waals surface area contributed by atoms with E-state index in [1.165, 1.54) is 17.3 Å². The van der Waals surface area contributed by atoms with Gasteiger partial charge in [0.2, 0.25) is 0 Å². The van der Waals surface area contributed by atoms with Crippen LogP contribution in [0.4, 0.5) is 5.69 Å². The van der Waals surface area contributed by atoms with E-state index >= 15 is 0 Å². The number of anilines is 1. The Hall–Kier alpha value is -2.56. The van der Waals surface area contributed by atoms with E-state index in [9.17, 15) is 4.79 Å². The molecule has 8 heteroatoms. The molecule has 3 aromatic carbocycles. The van der Waals surface area contributed by atoms with E-state index in [0.717, 1.165) is 26.1 Å². The first-order valence-electron chi connectivity index (χ1n) is 11.8. The van der Waals surface area contributed by atoms with Crippen molar-refractivity contribution in [2.45, 2.75) is 26.7 Å². The number of benzene rings is 3. The zero-order valence-electron chi connectivity index (χ0n) is 21.1. The monoisotopic (exact) mass is 645 g/mol. The lowest BCUT2D eigenvalue weighted by atomic mass is 10.0. The third kappa shape index (κ3) is 6.48. The van der Waals surface area contributed by atoms with Gasteiger partial charge in [-0.1, -0.05) is 68.2 Å². The van der Waals surface area contributed by atoms with Gasteiger partial charge in [-0.05, 0) is 88.5 Å². The van der Waals surface area contributed by atoms with Gasteiger partial charge in [0, 0.05) is 0 Å². The molecule has 0 atom stereocenters. The number of ether oxygens (including phenoxy) is 3. The lowest BCUT2D eigenvalue weighted by Gasteiger charge is -2.17. The number of hydrogen-bond donors (Lipinski definition) is 0. The van der Waals surface area contributed by atoms with Crippen molar-refractivity contribution in [3.8, 4) is 17.2 Å². The first-order valence-corrected chi connectivity index (χ1v) is 14.2. The summed E-state index contributed by atoms with van der Waals surface area (Å²) in [5.41, 5.74) is 3.94. The predicted octanol–water partition coefficient (Wildman–Crippen LogP) is 7.60. The van der Waals surface area contributed by atoms with E-state index in [2.05, 4.69) is 61.6 Å². The molecule has 37 heavy (non-hydrogen) atoms. The molecular weight excluding hydrogens is 617 g/mol. The maximum absolute atomic E-state index is 13.1. The summed E-state index contributed by atoms with van der Waals surface area (Å²) in [6, 6.07) is 19.5. The van der Waals surface area contributed by atoms with Crippen molar-refractivity contribution in [1.82, 2.24) is 0 Å². The molecule has 0 bridgehead atoms. The fourth-order valence-electron chi connectivity index (χ4n) is 3.92. The third-order valence-electron chi connectivity index (χ3n) is 5.74. The highest BCUT2D eigenvalue weighted by Gasteiger charge is 2.33. The molecule has 3 aromatic rings. The molecule has 1 aliphatic rings. The lowest BCUT2D eigenvalue weighted by Crippen LogP contribution is -2.27. The van der Waals surface area contributed by atoms with Crippen molar-refractivity contribution in [3.05, 3.63) is 85.8 Å². The number of halogens is 1. The van der Waals surface area contributed by atoms with Crippen molar-refractivity contribution >= 4 is 68.6 Å². The minimum absolute atomic E-state index is 0.135. The predicted molar refractivity (Wildman–Crippen MR) is 164 cm³/mol. The normalized spacial score (nSPS) is 14.5. The van der Waals surface area contributed by atoms with Gasteiger partial charge in [0.25, 0.3) is 5.91 Å². The Kier molecular flexibility index (Phi) is 9.15. The molecule has 1 saturated heterocycles. The molecule has 0 unspecified atom stereocenters. The molecule has 0 saturated carbocycles. The highest BCUT2D eigenvalue weighted by Crippen LogP contribution is 2.39. The minimum Gasteiger partial charge on any atom is -0.493 e. The van der Waals surface area contributed by atoms with E-state index in [4.69, 9.17) is 26.4 Å². The molecule has 0 N–H and O–H groups in total. The molecule has 0 aromatic heterocycles. The van der Waals surface area contributed by atoms with Crippen molar-refractivity contribution < 1.29 is 19.0 Å².